The molecule has 4 heteroatoms. The Bertz CT molecular complexity index is 537. The smallest absolute Gasteiger partial charge is 0.226 e. The summed E-state index contributed by atoms with van der Waals surface area (Å²) < 4.78 is 0. The van der Waals surface area contributed by atoms with Crippen LogP contribution in [0.15, 0.2) is 18.2 Å². The highest BCUT2D eigenvalue weighted by atomic mass is 16.1. The second kappa shape index (κ2) is 3.58. The molecule has 1 aliphatic heterocycles. The van der Waals surface area contributed by atoms with E-state index in [1.165, 1.54) is 5.57 Å². The number of H-pyrrole nitrogens is 1. The van der Waals surface area contributed by atoms with Gasteiger partial charge in [0.1, 0.15) is 0 Å². The highest BCUT2D eigenvalue weighted by molar-refractivity contribution is 5.95. The Balaban J connectivity index is 2.08. The van der Waals surface area contributed by atoms with Crippen LogP contribution in [0, 0.1) is 5.92 Å². The number of allylic oxidation sites excluding steroid dienone is 4. The Morgan fingerprint density at radius 1 is 1.47 bits per heavy atom. The summed E-state index contributed by atoms with van der Waals surface area (Å²) in [5.74, 6) is 1.45. The van der Waals surface area contributed by atoms with Crippen LogP contribution in [0.4, 0.5) is 5.82 Å². The third-order valence-corrected chi connectivity index (χ3v) is 3.48. The Kier molecular flexibility index (Phi) is 2.18. The van der Waals surface area contributed by atoms with Gasteiger partial charge in [0.05, 0.1) is 5.69 Å². The Morgan fingerprint density at radius 3 is 2.82 bits per heavy atom. The number of carbonyl (C=O) groups excluding carboxylic acids is 1. The topological polar surface area (TPSA) is 57.8 Å². The van der Waals surface area contributed by atoms with Crippen LogP contribution >= 0.6 is 0 Å². The second-order valence-corrected chi connectivity index (χ2v) is 4.94. The fourth-order valence-electron chi connectivity index (χ4n) is 2.44. The molecule has 1 unspecified atom stereocenters. The summed E-state index contributed by atoms with van der Waals surface area (Å²) in [6, 6.07) is 0. The minimum absolute atomic E-state index is 0.0624. The number of carbonyl (C=O) groups is 1. The molecule has 2 N–H and O–H groups in total. The van der Waals surface area contributed by atoms with E-state index in [1.807, 2.05) is 6.08 Å². The number of nitrogens with zero attached hydrogens (tertiary/aromatic N) is 1. The largest absolute Gasteiger partial charge is 0.309 e. The Morgan fingerprint density at radius 2 is 2.24 bits per heavy atom. The van der Waals surface area contributed by atoms with Crippen LogP contribution in [0.25, 0.3) is 5.57 Å². The maximum atomic E-state index is 11.6. The molecule has 1 atom stereocenters. The summed E-state index contributed by atoms with van der Waals surface area (Å²) in [4.78, 5) is 11.6. The molecule has 2 aliphatic rings. The predicted molar refractivity (Wildman–Crippen MR) is 66.5 cm³/mol. The number of aromatic amines is 1. The molecule has 3 rings (SSSR count). The maximum Gasteiger partial charge on any atom is 0.226 e. The van der Waals surface area contributed by atoms with Gasteiger partial charge in [-0.15, -0.1) is 0 Å². The van der Waals surface area contributed by atoms with E-state index in [-0.39, 0.29) is 11.8 Å². The van der Waals surface area contributed by atoms with Crippen molar-refractivity contribution in [2.75, 3.05) is 5.32 Å². The molecule has 1 aromatic rings. The quantitative estimate of drug-likeness (QED) is 0.818. The van der Waals surface area contributed by atoms with Gasteiger partial charge in [0, 0.05) is 17.9 Å². The number of hydrogen-bond donors (Lipinski definition) is 2. The monoisotopic (exact) mass is 229 g/mol. The van der Waals surface area contributed by atoms with Crippen molar-refractivity contribution in [3.05, 3.63) is 29.5 Å². The lowest BCUT2D eigenvalue weighted by atomic mass is 9.81. The molecule has 0 aromatic carbocycles. The molecule has 1 aliphatic carbocycles. The molecule has 88 valence electrons. The van der Waals surface area contributed by atoms with Gasteiger partial charge >= 0.3 is 0 Å². The van der Waals surface area contributed by atoms with Crippen molar-refractivity contribution in [2.24, 2.45) is 5.92 Å². The normalized spacial score (nSPS) is 21.9. The molecule has 0 fully saturated rings. The van der Waals surface area contributed by atoms with Gasteiger partial charge in [0.15, 0.2) is 5.82 Å². The second-order valence-electron chi connectivity index (χ2n) is 4.94. The Hall–Kier alpha value is -1.84. The van der Waals surface area contributed by atoms with Crippen LogP contribution in [0.2, 0.25) is 0 Å². The lowest BCUT2D eigenvalue weighted by Crippen LogP contribution is -2.25. The molecule has 2 heterocycles. The Labute approximate surface area is 99.8 Å². The lowest BCUT2D eigenvalue weighted by Gasteiger charge is -2.26. The van der Waals surface area contributed by atoms with Gasteiger partial charge in [-0.1, -0.05) is 32.1 Å². The van der Waals surface area contributed by atoms with Crippen molar-refractivity contribution in [1.82, 2.24) is 10.2 Å². The van der Waals surface area contributed by atoms with Crippen molar-refractivity contribution in [1.29, 1.82) is 0 Å². The van der Waals surface area contributed by atoms with Gasteiger partial charge in [-0.3, -0.25) is 9.89 Å². The van der Waals surface area contributed by atoms with Crippen molar-refractivity contribution < 1.29 is 4.79 Å². The number of amides is 1. The highest BCUT2D eigenvalue weighted by Gasteiger charge is 2.33. The van der Waals surface area contributed by atoms with Gasteiger partial charge in [0.25, 0.3) is 0 Å². The van der Waals surface area contributed by atoms with Crippen molar-refractivity contribution in [2.45, 2.75) is 26.2 Å². The fraction of sp³-hybridized carbons (Fsp3) is 0.385. The lowest BCUT2D eigenvalue weighted by molar-refractivity contribution is -0.117. The van der Waals surface area contributed by atoms with Crippen molar-refractivity contribution in [3.8, 4) is 0 Å². The van der Waals surface area contributed by atoms with Crippen LogP contribution in [0.3, 0.4) is 0 Å². The molecule has 17 heavy (non-hydrogen) atoms. The summed E-state index contributed by atoms with van der Waals surface area (Å²) >= 11 is 0. The molecule has 0 spiro atoms. The number of nitrogens with one attached hydrogen (secondary N) is 2. The summed E-state index contributed by atoms with van der Waals surface area (Å²) in [7, 11) is 0. The van der Waals surface area contributed by atoms with E-state index in [2.05, 4.69) is 41.5 Å². The number of fused-ring (bicyclic) bond motifs is 1. The van der Waals surface area contributed by atoms with E-state index in [1.54, 1.807) is 0 Å². The first-order chi connectivity index (χ1) is 8.16. The van der Waals surface area contributed by atoms with Crippen molar-refractivity contribution in [3.63, 3.8) is 0 Å². The SMILES string of the molecule is CC(C)C1CC(=O)Nc2n[nH]c(C3=CC=C3)c21. The first kappa shape index (κ1) is 10.3. The van der Waals surface area contributed by atoms with Gasteiger partial charge in [0.2, 0.25) is 5.91 Å². The molecule has 4 nitrogen and oxygen atoms in total. The average molecular weight is 229 g/mol. The summed E-state index contributed by atoms with van der Waals surface area (Å²) in [5.41, 5.74) is 3.39. The minimum atomic E-state index is 0.0624. The van der Waals surface area contributed by atoms with Crippen LogP contribution in [-0.2, 0) is 4.79 Å². The molecular formula is C13H15N3O. The van der Waals surface area contributed by atoms with Crippen LogP contribution in [-0.4, -0.2) is 16.1 Å². The zero-order valence-corrected chi connectivity index (χ0v) is 9.95. The van der Waals surface area contributed by atoms with Gasteiger partial charge < -0.3 is 5.32 Å². The summed E-state index contributed by atoms with van der Waals surface area (Å²) in [6.45, 7) is 4.30. The van der Waals surface area contributed by atoms with Gasteiger partial charge in [-0.25, -0.2) is 0 Å². The number of rotatable bonds is 2. The van der Waals surface area contributed by atoms with Gasteiger partial charge in [-0.05, 0) is 11.5 Å². The summed E-state index contributed by atoms with van der Waals surface area (Å²) in [6.07, 6.45) is 6.67. The molecular weight excluding hydrogens is 214 g/mol. The minimum Gasteiger partial charge on any atom is -0.309 e. The predicted octanol–water partition coefficient (Wildman–Crippen LogP) is 2.44. The maximum absolute atomic E-state index is 11.6. The zero-order chi connectivity index (χ0) is 12.0. The highest BCUT2D eigenvalue weighted by Crippen LogP contribution is 2.41. The van der Waals surface area contributed by atoms with Crippen molar-refractivity contribution >= 4 is 17.3 Å². The molecule has 0 bridgehead atoms. The van der Waals surface area contributed by atoms with E-state index in [9.17, 15) is 4.79 Å². The van der Waals surface area contributed by atoms with Gasteiger partial charge in [-0.2, -0.15) is 5.10 Å². The zero-order valence-electron chi connectivity index (χ0n) is 9.95. The first-order valence-corrected chi connectivity index (χ1v) is 5.93. The number of aromatic nitrogens is 2. The average Bonchev–Trinajstić information content (AvgIpc) is 2.58. The van der Waals surface area contributed by atoms with E-state index < -0.39 is 0 Å². The van der Waals surface area contributed by atoms with Crippen LogP contribution in [0.1, 0.15) is 37.4 Å². The molecule has 0 saturated carbocycles. The standard InChI is InChI=1S/C13H15N3O/c1-7(2)9-6-10(17)14-13-11(9)12(15-16-13)8-4-3-5-8/h3-5,7,9H,6H2,1-2H3,(H2,14,15,16,17). The fourth-order valence-corrected chi connectivity index (χ4v) is 2.44. The molecule has 1 aromatic heterocycles. The van der Waals surface area contributed by atoms with Crippen LogP contribution < -0.4 is 5.32 Å². The van der Waals surface area contributed by atoms with E-state index in [4.69, 9.17) is 0 Å². The molecule has 1 amide bonds. The number of hydrogen-bond acceptors (Lipinski definition) is 2. The first-order valence-electron chi connectivity index (χ1n) is 5.93. The van der Waals surface area contributed by atoms with E-state index >= 15 is 0 Å². The summed E-state index contributed by atoms with van der Waals surface area (Å²) in [5, 5.41) is 10.1. The molecule has 0 radical (unpaired) electrons. The van der Waals surface area contributed by atoms with E-state index in [0.29, 0.717) is 18.2 Å². The van der Waals surface area contributed by atoms with Crippen LogP contribution in [0.5, 0.6) is 0 Å². The van der Waals surface area contributed by atoms with E-state index in [0.717, 1.165) is 11.3 Å². The molecule has 0 saturated heterocycles. The number of anilines is 1. The third-order valence-electron chi connectivity index (χ3n) is 3.48. The third kappa shape index (κ3) is 1.52.